The van der Waals surface area contributed by atoms with Crippen LogP contribution in [0, 0.1) is 0 Å². The summed E-state index contributed by atoms with van der Waals surface area (Å²) in [6.07, 6.45) is 15.9. The maximum absolute atomic E-state index is 9.48. The van der Waals surface area contributed by atoms with E-state index < -0.39 is 12.2 Å². The normalized spacial score (nSPS) is 14.3. The zero-order chi connectivity index (χ0) is 15.8. The number of hydrogen-bond acceptors (Lipinski definition) is 3. The molecule has 0 bridgehead atoms. The Morgan fingerprint density at radius 1 is 0.571 bits per heavy atom. The van der Waals surface area contributed by atoms with Crippen molar-refractivity contribution in [1.29, 1.82) is 0 Å². The molecule has 0 saturated heterocycles. The highest BCUT2D eigenvalue weighted by atomic mass is 16.4. The fourth-order valence-corrected chi connectivity index (χ4v) is 2.69. The second kappa shape index (κ2) is 16.3. The molecule has 3 N–H and O–H groups in total. The fourth-order valence-electron chi connectivity index (χ4n) is 2.69. The number of aliphatic hydroxyl groups excluding tert-OH is 3. The van der Waals surface area contributed by atoms with Gasteiger partial charge in [0.25, 0.3) is 0 Å². The van der Waals surface area contributed by atoms with Crippen molar-refractivity contribution in [3.8, 4) is 0 Å². The molecule has 0 spiro atoms. The summed E-state index contributed by atoms with van der Waals surface area (Å²) in [5.41, 5.74) is 0. The van der Waals surface area contributed by atoms with Crippen LogP contribution in [0.4, 0.5) is 0 Å². The predicted molar refractivity (Wildman–Crippen MR) is 89.4 cm³/mol. The Labute approximate surface area is 131 Å². The van der Waals surface area contributed by atoms with Crippen LogP contribution in [0.1, 0.15) is 96.8 Å². The third kappa shape index (κ3) is 14.6. The number of hydrogen-bond donors (Lipinski definition) is 3. The molecular weight excluding hydrogens is 264 g/mol. The molecule has 0 rings (SSSR count). The largest absolute Gasteiger partial charge is 0.394 e. The van der Waals surface area contributed by atoms with E-state index in [1.54, 1.807) is 0 Å². The molecule has 0 saturated carbocycles. The Morgan fingerprint density at radius 2 is 0.952 bits per heavy atom. The molecule has 2 unspecified atom stereocenters. The van der Waals surface area contributed by atoms with Gasteiger partial charge in [0.1, 0.15) is 6.10 Å². The van der Waals surface area contributed by atoms with Crippen LogP contribution >= 0.6 is 0 Å². The molecule has 3 heteroatoms. The Kier molecular flexibility index (Phi) is 16.2. The monoisotopic (exact) mass is 302 g/mol. The summed E-state index contributed by atoms with van der Waals surface area (Å²) in [6.45, 7) is 1.91. The van der Waals surface area contributed by atoms with Gasteiger partial charge >= 0.3 is 0 Å². The SMILES string of the molecule is CCCCCCCCCCCCCCCC(O)C(O)CO. The highest BCUT2D eigenvalue weighted by molar-refractivity contribution is 4.65. The summed E-state index contributed by atoms with van der Waals surface area (Å²) in [4.78, 5) is 0. The molecule has 0 aliphatic rings. The van der Waals surface area contributed by atoms with E-state index in [-0.39, 0.29) is 6.61 Å². The van der Waals surface area contributed by atoms with Crippen molar-refractivity contribution in [2.45, 2.75) is 109 Å². The average molecular weight is 302 g/mol. The van der Waals surface area contributed by atoms with E-state index in [0.717, 1.165) is 12.8 Å². The Bertz CT molecular complexity index is 197. The summed E-state index contributed by atoms with van der Waals surface area (Å²) in [5.74, 6) is 0. The molecule has 128 valence electrons. The first kappa shape index (κ1) is 20.9. The van der Waals surface area contributed by atoms with Crippen molar-refractivity contribution in [3.63, 3.8) is 0 Å². The van der Waals surface area contributed by atoms with Gasteiger partial charge in [-0.1, -0.05) is 90.4 Å². The zero-order valence-corrected chi connectivity index (χ0v) is 14.1. The molecule has 21 heavy (non-hydrogen) atoms. The molecule has 0 fully saturated rings. The van der Waals surface area contributed by atoms with Gasteiger partial charge in [-0.15, -0.1) is 0 Å². The summed E-state index contributed by atoms with van der Waals surface area (Å²) in [5, 5.41) is 27.4. The van der Waals surface area contributed by atoms with Gasteiger partial charge in [-0.25, -0.2) is 0 Å². The van der Waals surface area contributed by atoms with Crippen molar-refractivity contribution >= 4 is 0 Å². The summed E-state index contributed by atoms with van der Waals surface area (Å²) in [6, 6.07) is 0. The third-order valence-electron chi connectivity index (χ3n) is 4.23. The lowest BCUT2D eigenvalue weighted by Gasteiger charge is -2.14. The van der Waals surface area contributed by atoms with Crippen LogP contribution in [0.3, 0.4) is 0 Å². The van der Waals surface area contributed by atoms with Gasteiger partial charge in [0.05, 0.1) is 12.7 Å². The summed E-state index contributed by atoms with van der Waals surface area (Å²) in [7, 11) is 0. The molecular formula is C18H38O3. The van der Waals surface area contributed by atoms with E-state index in [4.69, 9.17) is 5.11 Å². The van der Waals surface area contributed by atoms with E-state index in [0.29, 0.717) is 6.42 Å². The fraction of sp³-hybridized carbons (Fsp3) is 1.00. The maximum atomic E-state index is 9.48. The molecule has 3 nitrogen and oxygen atoms in total. The molecule has 0 aromatic carbocycles. The van der Waals surface area contributed by atoms with Gasteiger partial charge in [0, 0.05) is 0 Å². The molecule has 0 aliphatic carbocycles. The summed E-state index contributed by atoms with van der Waals surface area (Å²) >= 11 is 0. The van der Waals surface area contributed by atoms with Crippen molar-refractivity contribution in [2.24, 2.45) is 0 Å². The highest BCUT2D eigenvalue weighted by Gasteiger charge is 2.13. The number of rotatable bonds is 16. The van der Waals surface area contributed by atoms with E-state index in [9.17, 15) is 10.2 Å². The van der Waals surface area contributed by atoms with Gasteiger partial charge in [-0.3, -0.25) is 0 Å². The van der Waals surface area contributed by atoms with E-state index in [1.165, 1.54) is 70.6 Å². The van der Waals surface area contributed by atoms with Crippen molar-refractivity contribution in [2.75, 3.05) is 6.61 Å². The minimum absolute atomic E-state index is 0.348. The van der Waals surface area contributed by atoms with Crippen LogP contribution in [-0.4, -0.2) is 34.1 Å². The van der Waals surface area contributed by atoms with Crippen molar-refractivity contribution in [1.82, 2.24) is 0 Å². The smallest absolute Gasteiger partial charge is 0.103 e. The lowest BCUT2D eigenvalue weighted by atomic mass is 10.0. The van der Waals surface area contributed by atoms with Crippen LogP contribution in [0.5, 0.6) is 0 Å². The van der Waals surface area contributed by atoms with Crippen LogP contribution < -0.4 is 0 Å². The molecule has 0 amide bonds. The Morgan fingerprint density at radius 3 is 1.33 bits per heavy atom. The van der Waals surface area contributed by atoms with Crippen LogP contribution in [0.15, 0.2) is 0 Å². The summed E-state index contributed by atoms with van der Waals surface area (Å²) < 4.78 is 0. The first-order chi connectivity index (χ1) is 10.2. The lowest BCUT2D eigenvalue weighted by Crippen LogP contribution is -2.28. The molecule has 0 heterocycles. The highest BCUT2D eigenvalue weighted by Crippen LogP contribution is 2.13. The molecule has 0 radical (unpaired) electrons. The number of unbranched alkanes of at least 4 members (excludes halogenated alkanes) is 12. The molecule has 0 aromatic heterocycles. The second-order valence-electron chi connectivity index (χ2n) is 6.35. The van der Waals surface area contributed by atoms with E-state index >= 15 is 0 Å². The van der Waals surface area contributed by atoms with Gasteiger partial charge in [-0.2, -0.15) is 0 Å². The molecule has 0 aliphatic heterocycles. The first-order valence-corrected chi connectivity index (χ1v) is 9.19. The van der Waals surface area contributed by atoms with E-state index in [1.807, 2.05) is 0 Å². The van der Waals surface area contributed by atoms with Crippen LogP contribution in [-0.2, 0) is 0 Å². The lowest BCUT2D eigenvalue weighted by molar-refractivity contribution is -0.0185. The Hall–Kier alpha value is -0.120. The van der Waals surface area contributed by atoms with Gasteiger partial charge in [-0.05, 0) is 6.42 Å². The Balaban J connectivity index is 3.09. The zero-order valence-electron chi connectivity index (χ0n) is 14.1. The predicted octanol–water partition coefficient (Wildman–Crippen LogP) is 4.18. The van der Waals surface area contributed by atoms with Crippen LogP contribution in [0.2, 0.25) is 0 Å². The maximum Gasteiger partial charge on any atom is 0.103 e. The third-order valence-corrected chi connectivity index (χ3v) is 4.23. The minimum atomic E-state index is -0.970. The van der Waals surface area contributed by atoms with Crippen molar-refractivity contribution < 1.29 is 15.3 Å². The minimum Gasteiger partial charge on any atom is -0.394 e. The quantitative estimate of drug-likeness (QED) is 0.375. The van der Waals surface area contributed by atoms with Gasteiger partial charge in [0.2, 0.25) is 0 Å². The van der Waals surface area contributed by atoms with Crippen molar-refractivity contribution in [3.05, 3.63) is 0 Å². The second-order valence-corrected chi connectivity index (χ2v) is 6.35. The van der Waals surface area contributed by atoms with Gasteiger partial charge in [0.15, 0.2) is 0 Å². The number of aliphatic hydroxyl groups is 3. The van der Waals surface area contributed by atoms with Crippen LogP contribution in [0.25, 0.3) is 0 Å². The first-order valence-electron chi connectivity index (χ1n) is 9.19. The average Bonchev–Trinajstić information content (AvgIpc) is 2.50. The topological polar surface area (TPSA) is 60.7 Å². The van der Waals surface area contributed by atoms with E-state index in [2.05, 4.69) is 6.92 Å². The van der Waals surface area contributed by atoms with Gasteiger partial charge < -0.3 is 15.3 Å². The molecule has 2 atom stereocenters. The molecule has 0 aromatic rings. The standard InChI is InChI=1S/C18H38O3/c1-2-3-4-5-6-7-8-9-10-11-12-13-14-15-17(20)18(21)16-19/h17-21H,2-16H2,1H3.